The molecule has 0 spiro atoms. The highest BCUT2D eigenvalue weighted by Gasteiger charge is 2.05. The monoisotopic (exact) mass is 285 g/mol. The van der Waals surface area contributed by atoms with Crippen LogP contribution >= 0.6 is 15.9 Å². The molecule has 16 heavy (non-hydrogen) atoms. The largest absolute Gasteiger partial charge is 0.478 e. The fourth-order valence-corrected chi connectivity index (χ4v) is 1.91. The lowest BCUT2D eigenvalue weighted by molar-refractivity contribution is 0.0697. The number of hydrogen-bond acceptors (Lipinski definition) is 2. The Bertz CT molecular complexity index is 366. The second-order valence-corrected chi connectivity index (χ2v) is 4.49. The third-order valence-electron chi connectivity index (χ3n) is 2.31. The SMILES string of the molecule is CCCCCNc1ccc(C(=O)O)cc1Br. The molecule has 1 rings (SSSR count). The minimum atomic E-state index is -0.904. The Labute approximate surface area is 104 Å². The van der Waals surface area contributed by atoms with Gasteiger partial charge in [-0.25, -0.2) is 4.79 Å². The third-order valence-corrected chi connectivity index (χ3v) is 2.97. The average Bonchev–Trinajstić information content (AvgIpc) is 2.26. The molecule has 0 aliphatic heterocycles. The van der Waals surface area contributed by atoms with Crippen molar-refractivity contribution in [3.8, 4) is 0 Å². The number of hydrogen-bond donors (Lipinski definition) is 2. The van der Waals surface area contributed by atoms with Crippen LogP contribution in [0.1, 0.15) is 36.5 Å². The summed E-state index contributed by atoms with van der Waals surface area (Å²) in [5.41, 5.74) is 1.24. The predicted molar refractivity (Wildman–Crippen MR) is 69.1 cm³/mol. The molecule has 2 N–H and O–H groups in total. The van der Waals surface area contributed by atoms with E-state index in [0.29, 0.717) is 5.56 Å². The first kappa shape index (κ1) is 13.0. The molecule has 0 atom stereocenters. The standard InChI is InChI=1S/C12H16BrNO2/c1-2-3-4-7-14-11-6-5-9(12(15)16)8-10(11)13/h5-6,8,14H,2-4,7H2,1H3,(H,15,16). The van der Waals surface area contributed by atoms with Crippen LogP contribution in [-0.2, 0) is 0 Å². The van der Waals surface area contributed by atoms with Gasteiger partial charge in [-0.3, -0.25) is 0 Å². The van der Waals surface area contributed by atoms with Gasteiger partial charge in [-0.2, -0.15) is 0 Å². The Kier molecular flexibility index (Phi) is 5.32. The first-order valence-corrected chi connectivity index (χ1v) is 6.21. The van der Waals surface area contributed by atoms with Gasteiger partial charge >= 0.3 is 5.97 Å². The minimum absolute atomic E-state index is 0.297. The third kappa shape index (κ3) is 3.85. The first-order valence-electron chi connectivity index (χ1n) is 5.42. The first-order chi connectivity index (χ1) is 7.65. The van der Waals surface area contributed by atoms with Crippen LogP contribution in [0.25, 0.3) is 0 Å². The molecule has 0 aliphatic carbocycles. The van der Waals surface area contributed by atoms with Gasteiger partial charge in [0, 0.05) is 16.7 Å². The summed E-state index contributed by atoms with van der Waals surface area (Å²) in [7, 11) is 0. The maximum absolute atomic E-state index is 10.7. The van der Waals surface area contributed by atoms with E-state index in [4.69, 9.17) is 5.11 Å². The second-order valence-electron chi connectivity index (χ2n) is 3.63. The van der Waals surface area contributed by atoms with Gasteiger partial charge in [-0.15, -0.1) is 0 Å². The number of carboxylic acids is 1. The molecule has 0 fully saturated rings. The lowest BCUT2D eigenvalue weighted by atomic mass is 10.2. The fraction of sp³-hybridized carbons (Fsp3) is 0.417. The van der Waals surface area contributed by atoms with Gasteiger partial charge in [0.15, 0.2) is 0 Å². The summed E-state index contributed by atoms with van der Waals surface area (Å²) in [4.78, 5) is 10.7. The van der Waals surface area contributed by atoms with Crippen LogP contribution in [0.2, 0.25) is 0 Å². The Morgan fingerprint density at radius 3 is 2.75 bits per heavy atom. The van der Waals surface area contributed by atoms with Gasteiger partial charge in [0.2, 0.25) is 0 Å². The summed E-state index contributed by atoms with van der Waals surface area (Å²) >= 11 is 3.36. The van der Waals surface area contributed by atoms with E-state index in [1.54, 1.807) is 18.2 Å². The quantitative estimate of drug-likeness (QED) is 0.783. The van der Waals surface area contributed by atoms with Crippen LogP contribution in [-0.4, -0.2) is 17.6 Å². The summed E-state index contributed by atoms with van der Waals surface area (Å²) in [5.74, 6) is -0.904. The van der Waals surface area contributed by atoms with Crippen molar-refractivity contribution in [3.05, 3.63) is 28.2 Å². The van der Waals surface area contributed by atoms with Crippen molar-refractivity contribution < 1.29 is 9.90 Å². The predicted octanol–water partition coefficient (Wildman–Crippen LogP) is 3.75. The maximum atomic E-state index is 10.7. The molecule has 88 valence electrons. The number of anilines is 1. The molecule has 0 saturated carbocycles. The number of aromatic carboxylic acids is 1. The molecule has 0 heterocycles. The van der Waals surface area contributed by atoms with Crippen LogP contribution in [0, 0.1) is 0 Å². The summed E-state index contributed by atoms with van der Waals surface area (Å²) in [6.45, 7) is 3.08. The molecule has 0 unspecified atom stereocenters. The van der Waals surface area contributed by atoms with Crippen molar-refractivity contribution in [2.75, 3.05) is 11.9 Å². The molecule has 0 aromatic heterocycles. The summed E-state index contributed by atoms with van der Waals surface area (Å²) in [5, 5.41) is 12.1. The van der Waals surface area contributed by atoms with Gasteiger partial charge in [-0.1, -0.05) is 19.8 Å². The van der Waals surface area contributed by atoms with Crippen LogP contribution in [0.5, 0.6) is 0 Å². The van der Waals surface area contributed by atoms with Crippen molar-refractivity contribution in [2.24, 2.45) is 0 Å². The Hall–Kier alpha value is -1.03. The minimum Gasteiger partial charge on any atom is -0.478 e. The highest BCUT2D eigenvalue weighted by molar-refractivity contribution is 9.10. The van der Waals surface area contributed by atoms with Gasteiger partial charge in [0.25, 0.3) is 0 Å². The number of halogens is 1. The molecule has 0 bridgehead atoms. The van der Waals surface area contributed by atoms with Crippen LogP contribution < -0.4 is 5.32 Å². The van der Waals surface area contributed by atoms with Crippen molar-refractivity contribution >= 4 is 27.6 Å². The summed E-state index contributed by atoms with van der Waals surface area (Å²) in [6, 6.07) is 5.01. The van der Waals surface area contributed by atoms with Crippen molar-refractivity contribution in [2.45, 2.75) is 26.2 Å². The Morgan fingerprint density at radius 1 is 1.44 bits per heavy atom. The van der Waals surface area contributed by atoms with E-state index < -0.39 is 5.97 Å². The van der Waals surface area contributed by atoms with E-state index in [2.05, 4.69) is 28.2 Å². The van der Waals surface area contributed by atoms with E-state index in [1.807, 2.05) is 0 Å². The van der Waals surface area contributed by atoms with E-state index in [-0.39, 0.29) is 0 Å². The number of carbonyl (C=O) groups is 1. The highest BCUT2D eigenvalue weighted by atomic mass is 79.9. The molecule has 0 saturated heterocycles. The van der Waals surface area contributed by atoms with Crippen LogP contribution in [0.4, 0.5) is 5.69 Å². The smallest absolute Gasteiger partial charge is 0.335 e. The molecular weight excluding hydrogens is 270 g/mol. The maximum Gasteiger partial charge on any atom is 0.335 e. The van der Waals surface area contributed by atoms with E-state index in [0.717, 1.165) is 23.1 Å². The van der Waals surface area contributed by atoms with Crippen LogP contribution in [0.15, 0.2) is 22.7 Å². The summed E-state index contributed by atoms with van der Waals surface area (Å²) in [6.07, 6.45) is 3.53. The normalized spacial score (nSPS) is 10.1. The highest BCUT2D eigenvalue weighted by Crippen LogP contribution is 2.23. The zero-order chi connectivity index (χ0) is 12.0. The van der Waals surface area contributed by atoms with Crippen LogP contribution in [0.3, 0.4) is 0 Å². The number of unbranched alkanes of at least 4 members (excludes halogenated alkanes) is 2. The van der Waals surface area contributed by atoms with Crippen molar-refractivity contribution in [1.29, 1.82) is 0 Å². The zero-order valence-corrected chi connectivity index (χ0v) is 10.9. The molecule has 3 nitrogen and oxygen atoms in total. The van der Waals surface area contributed by atoms with E-state index in [9.17, 15) is 4.79 Å². The zero-order valence-electron chi connectivity index (χ0n) is 9.29. The van der Waals surface area contributed by atoms with Gasteiger partial charge in [0.1, 0.15) is 0 Å². The molecule has 0 radical (unpaired) electrons. The van der Waals surface area contributed by atoms with Crippen molar-refractivity contribution in [1.82, 2.24) is 0 Å². The van der Waals surface area contributed by atoms with Crippen molar-refractivity contribution in [3.63, 3.8) is 0 Å². The molecule has 0 aliphatic rings. The van der Waals surface area contributed by atoms with Gasteiger partial charge in [-0.05, 0) is 40.5 Å². The molecular formula is C12H16BrNO2. The lowest BCUT2D eigenvalue weighted by Gasteiger charge is -2.08. The summed E-state index contributed by atoms with van der Waals surface area (Å²) < 4.78 is 0.795. The second kappa shape index (κ2) is 6.53. The van der Waals surface area contributed by atoms with E-state index in [1.165, 1.54) is 12.8 Å². The number of carboxylic acid groups (broad SMARTS) is 1. The molecule has 4 heteroatoms. The lowest BCUT2D eigenvalue weighted by Crippen LogP contribution is -2.03. The number of nitrogens with one attached hydrogen (secondary N) is 1. The van der Waals surface area contributed by atoms with Gasteiger partial charge in [0.05, 0.1) is 5.56 Å². The number of rotatable bonds is 6. The molecule has 1 aromatic carbocycles. The topological polar surface area (TPSA) is 49.3 Å². The Morgan fingerprint density at radius 2 is 2.19 bits per heavy atom. The van der Waals surface area contributed by atoms with Gasteiger partial charge < -0.3 is 10.4 Å². The molecule has 0 amide bonds. The van der Waals surface area contributed by atoms with E-state index >= 15 is 0 Å². The number of benzene rings is 1. The Balaban J connectivity index is 2.57. The average molecular weight is 286 g/mol. The fourth-order valence-electron chi connectivity index (χ4n) is 1.39. The molecule has 1 aromatic rings.